The Morgan fingerprint density at radius 2 is 2.00 bits per heavy atom. The van der Waals surface area contributed by atoms with Crippen molar-refractivity contribution in [3.05, 3.63) is 29.8 Å². The fraction of sp³-hybridized carbons (Fsp3) is 0.467. The minimum atomic E-state index is -1.04. The van der Waals surface area contributed by atoms with Crippen molar-refractivity contribution in [3.63, 3.8) is 0 Å². The van der Waals surface area contributed by atoms with Crippen LogP contribution in [0.15, 0.2) is 18.2 Å². The molecule has 1 amide bonds. The number of ether oxygens (including phenoxy) is 1. The van der Waals surface area contributed by atoms with Crippen LogP contribution >= 0.6 is 11.8 Å². The topological polar surface area (TPSA) is 55.4 Å². The number of benzene rings is 1. The fourth-order valence-corrected chi connectivity index (χ4v) is 3.19. The number of carbonyl (C=O) groups is 2. The molecular formula is C15H17F2NO3S. The van der Waals surface area contributed by atoms with Crippen LogP contribution in [0.1, 0.15) is 19.8 Å². The lowest BCUT2D eigenvalue weighted by atomic mass is 10.0. The molecule has 1 aliphatic rings. The number of rotatable bonds is 4. The van der Waals surface area contributed by atoms with Crippen LogP contribution in [0.3, 0.4) is 0 Å². The van der Waals surface area contributed by atoms with Crippen LogP contribution < -0.4 is 5.32 Å². The molecule has 22 heavy (non-hydrogen) atoms. The molecule has 1 fully saturated rings. The summed E-state index contributed by atoms with van der Waals surface area (Å²) in [5.41, 5.74) is -0.150. The van der Waals surface area contributed by atoms with Crippen LogP contribution in [-0.4, -0.2) is 29.5 Å². The Kier molecular flexibility index (Phi) is 5.76. The molecule has 2 rings (SSSR count). The van der Waals surface area contributed by atoms with Gasteiger partial charge in [0, 0.05) is 6.07 Å². The van der Waals surface area contributed by atoms with Gasteiger partial charge in [0.2, 0.25) is 0 Å². The van der Waals surface area contributed by atoms with Gasteiger partial charge in [-0.25, -0.2) is 8.78 Å². The molecule has 0 aliphatic carbocycles. The average Bonchev–Trinajstić information content (AvgIpc) is 2.50. The van der Waals surface area contributed by atoms with E-state index in [4.69, 9.17) is 4.74 Å². The Morgan fingerprint density at radius 3 is 2.64 bits per heavy atom. The predicted molar refractivity (Wildman–Crippen MR) is 80.6 cm³/mol. The average molecular weight is 329 g/mol. The van der Waals surface area contributed by atoms with E-state index in [1.165, 1.54) is 6.92 Å². The molecule has 1 aliphatic heterocycles. The molecule has 0 unspecified atom stereocenters. The number of thioether (sulfide) groups is 1. The van der Waals surface area contributed by atoms with Gasteiger partial charge >= 0.3 is 5.97 Å². The van der Waals surface area contributed by atoms with E-state index in [2.05, 4.69) is 5.32 Å². The number of halogens is 2. The Morgan fingerprint density at radius 1 is 1.32 bits per heavy atom. The molecule has 0 spiro atoms. The number of esters is 1. The second kappa shape index (κ2) is 7.58. The second-order valence-electron chi connectivity index (χ2n) is 5.08. The Labute approximate surface area is 131 Å². The highest BCUT2D eigenvalue weighted by atomic mass is 32.2. The van der Waals surface area contributed by atoms with Crippen molar-refractivity contribution >= 4 is 29.3 Å². The fourth-order valence-electron chi connectivity index (χ4n) is 2.08. The van der Waals surface area contributed by atoms with E-state index in [0.717, 1.165) is 36.5 Å². The number of amides is 1. The number of hydrogen-bond acceptors (Lipinski definition) is 4. The van der Waals surface area contributed by atoms with Crippen molar-refractivity contribution in [2.75, 3.05) is 16.8 Å². The molecule has 120 valence electrons. The molecule has 7 heteroatoms. The smallest absolute Gasteiger partial charge is 0.309 e. The largest absolute Gasteiger partial charge is 0.452 e. The van der Waals surface area contributed by atoms with Gasteiger partial charge in [0.1, 0.15) is 11.6 Å². The zero-order chi connectivity index (χ0) is 16.1. The predicted octanol–water partition coefficient (Wildman–Crippen LogP) is 2.98. The van der Waals surface area contributed by atoms with Gasteiger partial charge in [-0.1, -0.05) is 0 Å². The van der Waals surface area contributed by atoms with Crippen LogP contribution in [0.2, 0.25) is 0 Å². The molecule has 0 radical (unpaired) electrons. The van der Waals surface area contributed by atoms with Crippen LogP contribution in [0.25, 0.3) is 0 Å². The Balaban J connectivity index is 1.89. The summed E-state index contributed by atoms with van der Waals surface area (Å²) in [6.07, 6.45) is 0.445. The third kappa shape index (κ3) is 4.43. The van der Waals surface area contributed by atoms with E-state index in [0.29, 0.717) is 6.07 Å². The molecule has 1 aromatic carbocycles. The van der Waals surface area contributed by atoms with Crippen molar-refractivity contribution in [2.24, 2.45) is 5.92 Å². The van der Waals surface area contributed by atoms with Gasteiger partial charge in [0.05, 0.1) is 11.6 Å². The van der Waals surface area contributed by atoms with Crippen molar-refractivity contribution < 1.29 is 23.1 Å². The zero-order valence-electron chi connectivity index (χ0n) is 12.1. The maximum absolute atomic E-state index is 13.5. The maximum atomic E-state index is 13.5. The van der Waals surface area contributed by atoms with E-state index >= 15 is 0 Å². The summed E-state index contributed by atoms with van der Waals surface area (Å²) < 4.78 is 31.4. The first-order valence-corrected chi connectivity index (χ1v) is 8.17. The lowest BCUT2D eigenvalue weighted by molar-refractivity contribution is -0.157. The standard InChI is InChI=1S/C15H17F2NO3S/c1-9(21-15(20)10-4-6-22-7-5-10)14(19)18-13-3-2-11(16)8-12(13)17/h2-3,8-10H,4-7H2,1H3,(H,18,19)/t9-/m0/s1. The maximum Gasteiger partial charge on any atom is 0.309 e. The lowest BCUT2D eigenvalue weighted by Crippen LogP contribution is -2.33. The molecule has 1 heterocycles. The summed E-state index contributed by atoms with van der Waals surface area (Å²) in [4.78, 5) is 23.9. The first kappa shape index (κ1) is 16.7. The summed E-state index contributed by atoms with van der Waals surface area (Å²) in [6.45, 7) is 1.42. The van der Waals surface area contributed by atoms with Crippen molar-refractivity contribution in [3.8, 4) is 0 Å². The van der Waals surface area contributed by atoms with E-state index < -0.39 is 29.6 Å². The van der Waals surface area contributed by atoms with Crippen molar-refractivity contribution in [1.29, 1.82) is 0 Å². The molecule has 0 saturated carbocycles. The minimum Gasteiger partial charge on any atom is -0.452 e. The quantitative estimate of drug-likeness (QED) is 0.863. The highest BCUT2D eigenvalue weighted by Gasteiger charge is 2.26. The van der Waals surface area contributed by atoms with Crippen LogP contribution in [0.4, 0.5) is 14.5 Å². The van der Waals surface area contributed by atoms with Gasteiger partial charge in [-0.2, -0.15) is 11.8 Å². The first-order valence-electron chi connectivity index (χ1n) is 7.01. The SMILES string of the molecule is C[C@H](OC(=O)C1CCSCC1)C(=O)Nc1ccc(F)cc1F. The number of nitrogens with one attached hydrogen (secondary N) is 1. The van der Waals surface area contributed by atoms with Gasteiger partial charge in [0.15, 0.2) is 6.10 Å². The summed E-state index contributed by atoms with van der Waals surface area (Å²) >= 11 is 1.79. The van der Waals surface area contributed by atoms with Gasteiger partial charge in [-0.15, -0.1) is 0 Å². The van der Waals surface area contributed by atoms with Crippen molar-refractivity contribution in [1.82, 2.24) is 0 Å². The number of anilines is 1. The lowest BCUT2D eigenvalue weighted by Gasteiger charge is -2.22. The molecular weight excluding hydrogens is 312 g/mol. The molecule has 1 aromatic rings. The Hall–Kier alpha value is -1.63. The van der Waals surface area contributed by atoms with Gasteiger partial charge in [0.25, 0.3) is 5.91 Å². The summed E-state index contributed by atoms with van der Waals surface area (Å²) in [5, 5.41) is 2.28. The normalized spacial score (nSPS) is 16.9. The molecule has 1 saturated heterocycles. The van der Waals surface area contributed by atoms with Crippen LogP contribution in [-0.2, 0) is 14.3 Å². The minimum absolute atomic E-state index is 0.150. The molecule has 0 aromatic heterocycles. The molecule has 1 N–H and O–H groups in total. The van der Waals surface area contributed by atoms with Crippen LogP contribution in [0.5, 0.6) is 0 Å². The third-order valence-corrected chi connectivity index (χ3v) is 4.45. The zero-order valence-corrected chi connectivity index (χ0v) is 12.9. The summed E-state index contributed by atoms with van der Waals surface area (Å²) in [5.74, 6) is -1.03. The van der Waals surface area contributed by atoms with E-state index in [-0.39, 0.29) is 11.6 Å². The monoisotopic (exact) mass is 329 g/mol. The van der Waals surface area contributed by atoms with E-state index in [9.17, 15) is 18.4 Å². The summed E-state index contributed by atoms with van der Waals surface area (Å²) in [7, 11) is 0. The van der Waals surface area contributed by atoms with E-state index in [1.807, 2.05) is 0 Å². The highest BCUT2D eigenvalue weighted by Crippen LogP contribution is 2.24. The van der Waals surface area contributed by atoms with E-state index in [1.54, 1.807) is 11.8 Å². The van der Waals surface area contributed by atoms with Gasteiger partial charge < -0.3 is 10.1 Å². The third-order valence-electron chi connectivity index (χ3n) is 3.41. The highest BCUT2D eigenvalue weighted by molar-refractivity contribution is 7.99. The number of hydrogen-bond donors (Lipinski definition) is 1. The van der Waals surface area contributed by atoms with Gasteiger partial charge in [-0.3, -0.25) is 9.59 Å². The van der Waals surface area contributed by atoms with Crippen molar-refractivity contribution in [2.45, 2.75) is 25.9 Å². The second-order valence-corrected chi connectivity index (χ2v) is 6.30. The summed E-state index contributed by atoms with van der Waals surface area (Å²) in [6, 6.07) is 2.83. The van der Waals surface area contributed by atoms with Crippen LogP contribution in [0, 0.1) is 17.6 Å². The molecule has 1 atom stereocenters. The molecule has 0 bridgehead atoms. The first-order chi connectivity index (χ1) is 10.5. The number of carbonyl (C=O) groups excluding carboxylic acids is 2. The molecule has 4 nitrogen and oxygen atoms in total. The Bertz CT molecular complexity index is 562. The van der Waals surface area contributed by atoms with Gasteiger partial charge in [-0.05, 0) is 43.4 Å².